The quantitative estimate of drug-likeness (QED) is 0.216. The number of anilines is 2. The van der Waals surface area contributed by atoms with E-state index in [0.717, 1.165) is 26.6 Å². The first kappa shape index (κ1) is 26.2. The highest BCUT2D eigenvalue weighted by Crippen LogP contribution is 2.40. The number of ether oxygens (including phenoxy) is 1. The number of methoxy groups -OCH3 is 1. The van der Waals surface area contributed by atoms with Crippen molar-refractivity contribution in [1.82, 2.24) is 0 Å². The molecule has 1 aliphatic rings. The van der Waals surface area contributed by atoms with Crippen LogP contribution in [0, 0.1) is 24.7 Å². The van der Waals surface area contributed by atoms with Crippen LogP contribution in [0.4, 0.5) is 10.7 Å². The normalized spacial score (nSPS) is 14.9. The van der Waals surface area contributed by atoms with Gasteiger partial charge in [0.15, 0.2) is 0 Å². The van der Waals surface area contributed by atoms with Crippen LogP contribution in [-0.2, 0) is 9.53 Å². The first-order valence-electron chi connectivity index (χ1n) is 11.5. The van der Waals surface area contributed by atoms with Crippen LogP contribution in [-0.4, -0.2) is 42.4 Å². The molecule has 3 N–H and O–H groups in total. The first-order valence-corrected chi connectivity index (χ1v) is 12.7. The lowest BCUT2D eigenvalue weighted by Crippen LogP contribution is -2.41. The largest absolute Gasteiger partial charge is 0.465 e. The molecular formula is C27H26ClN5O3S. The third kappa shape index (κ3) is 5.33. The number of halogens is 1. The molecule has 0 unspecified atom stereocenters. The van der Waals surface area contributed by atoms with Gasteiger partial charge in [-0.3, -0.25) is 25.5 Å². The summed E-state index contributed by atoms with van der Waals surface area (Å²) in [5.41, 5.74) is 4.21. The number of rotatable bonds is 5. The minimum absolute atomic E-state index is 0.0511. The van der Waals surface area contributed by atoms with Gasteiger partial charge < -0.3 is 10.1 Å². The number of nitrogens with one attached hydrogen (secondary N) is 3. The van der Waals surface area contributed by atoms with Crippen molar-refractivity contribution < 1.29 is 14.3 Å². The van der Waals surface area contributed by atoms with Crippen molar-refractivity contribution in [2.24, 2.45) is 4.99 Å². The minimum Gasteiger partial charge on any atom is -0.465 e. The molecule has 37 heavy (non-hydrogen) atoms. The van der Waals surface area contributed by atoms with Gasteiger partial charge in [0.1, 0.15) is 22.7 Å². The lowest BCUT2D eigenvalue weighted by atomic mass is 9.99. The lowest BCUT2D eigenvalue weighted by Gasteiger charge is -2.24. The molecule has 10 heteroatoms. The molecule has 1 aliphatic heterocycles. The molecule has 0 spiro atoms. The van der Waals surface area contributed by atoms with E-state index >= 15 is 0 Å². The number of hydrogen-bond donors (Lipinski definition) is 3. The zero-order chi connectivity index (χ0) is 26.9. The van der Waals surface area contributed by atoms with Crippen LogP contribution in [0.1, 0.15) is 45.3 Å². The van der Waals surface area contributed by atoms with Gasteiger partial charge in [-0.25, -0.2) is 4.79 Å². The number of aryl methyl sites for hydroxylation is 1. The maximum absolute atomic E-state index is 13.1. The van der Waals surface area contributed by atoms with Gasteiger partial charge in [-0.1, -0.05) is 23.7 Å². The number of carbonyl (C=O) groups excluding carboxylic acids is 2. The van der Waals surface area contributed by atoms with Crippen LogP contribution >= 0.6 is 22.9 Å². The van der Waals surface area contributed by atoms with Crippen molar-refractivity contribution in [3.63, 3.8) is 0 Å². The topological polar surface area (TPSA) is 119 Å². The Morgan fingerprint density at radius 3 is 2.38 bits per heavy atom. The highest BCUT2D eigenvalue weighted by atomic mass is 35.5. The molecule has 0 saturated carbocycles. The van der Waals surface area contributed by atoms with Gasteiger partial charge in [0.25, 0.3) is 0 Å². The Morgan fingerprint density at radius 2 is 1.78 bits per heavy atom. The lowest BCUT2D eigenvalue weighted by molar-refractivity contribution is -0.116. The molecule has 1 aromatic heterocycles. The molecule has 0 fully saturated rings. The summed E-state index contributed by atoms with van der Waals surface area (Å²) in [6.45, 7) is 5.63. The minimum atomic E-state index is -0.834. The summed E-state index contributed by atoms with van der Waals surface area (Å²) in [5, 5.41) is 21.5. The smallest absolute Gasteiger partial charge is 0.337 e. The molecule has 2 aromatic carbocycles. The second-order valence-electron chi connectivity index (χ2n) is 8.59. The van der Waals surface area contributed by atoms with Gasteiger partial charge in [-0.2, -0.15) is 0 Å². The van der Waals surface area contributed by atoms with Crippen molar-refractivity contribution in [3.05, 3.63) is 80.7 Å². The highest BCUT2D eigenvalue weighted by Gasteiger charge is 2.34. The maximum Gasteiger partial charge on any atom is 0.337 e. The number of amidine groups is 2. The van der Waals surface area contributed by atoms with E-state index in [1.54, 1.807) is 48.2 Å². The third-order valence-corrected chi connectivity index (χ3v) is 7.51. The fraction of sp³-hybridized carbons (Fsp3) is 0.222. The van der Waals surface area contributed by atoms with Gasteiger partial charge >= 0.3 is 5.97 Å². The number of carbonyl (C=O) groups is 2. The molecule has 8 nitrogen and oxygen atoms in total. The van der Waals surface area contributed by atoms with E-state index in [1.165, 1.54) is 18.4 Å². The fourth-order valence-corrected chi connectivity index (χ4v) is 5.43. The molecule has 4 rings (SSSR count). The summed E-state index contributed by atoms with van der Waals surface area (Å²) in [6.07, 6.45) is -0.106. The molecule has 1 amide bonds. The summed E-state index contributed by atoms with van der Waals surface area (Å²) in [4.78, 5) is 32.3. The number of benzene rings is 2. The Balaban J connectivity index is 1.71. The average molecular weight is 536 g/mol. The molecule has 1 atom stereocenters. The zero-order valence-electron chi connectivity index (χ0n) is 20.8. The monoisotopic (exact) mass is 535 g/mol. The first-order chi connectivity index (χ1) is 17.6. The SMILES string of the molecule is COC(=O)c1ccc(NC(=O)C[C@@H]2N=C(c3ccc(Cl)cc3)c3c(sc(C)c3C)N(C(C)=N)C2=N)cc1. The Hall–Kier alpha value is -3.82. The van der Waals surface area contributed by atoms with Gasteiger partial charge in [-0.05, 0) is 62.7 Å². The van der Waals surface area contributed by atoms with Gasteiger partial charge in [0.2, 0.25) is 5.91 Å². The molecule has 0 bridgehead atoms. The maximum atomic E-state index is 13.1. The van der Waals surface area contributed by atoms with Crippen LogP contribution in [0.3, 0.4) is 0 Å². The van der Waals surface area contributed by atoms with Crippen LogP contribution in [0.25, 0.3) is 0 Å². The number of esters is 1. The molecular weight excluding hydrogens is 510 g/mol. The Labute approximate surface area is 224 Å². The van der Waals surface area contributed by atoms with Crippen molar-refractivity contribution in [2.45, 2.75) is 33.2 Å². The van der Waals surface area contributed by atoms with E-state index in [1.807, 2.05) is 26.0 Å². The van der Waals surface area contributed by atoms with Crippen LogP contribution in [0.15, 0.2) is 53.5 Å². The van der Waals surface area contributed by atoms with E-state index in [2.05, 4.69) is 5.32 Å². The Bertz CT molecular complexity index is 1430. The second kappa shape index (κ2) is 10.7. The summed E-state index contributed by atoms with van der Waals surface area (Å²) in [6, 6.07) is 12.8. The summed E-state index contributed by atoms with van der Waals surface area (Å²) in [7, 11) is 1.31. The number of amides is 1. The highest BCUT2D eigenvalue weighted by molar-refractivity contribution is 7.17. The van der Waals surface area contributed by atoms with E-state index < -0.39 is 12.0 Å². The number of hydrogen-bond acceptors (Lipinski definition) is 7. The molecule has 190 valence electrons. The molecule has 0 radical (unpaired) electrons. The van der Waals surface area contributed by atoms with Crippen molar-refractivity contribution in [2.75, 3.05) is 17.3 Å². The fourth-order valence-electron chi connectivity index (χ4n) is 4.08. The van der Waals surface area contributed by atoms with E-state index in [9.17, 15) is 9.59 Å². The number of fused-ring (bicyclic) bond motifs is 1. The van der Waals surface area contributed by atoms with E-state index in [4.69, 9.17) is 32.1 Å². The van der Waals surface area contributed by atoms with Crippen molar-refractivity contribution in [3.8, 4) is 0 Å². The number of nitrogens with zero attached hydrogens (tertiary/aromatic N) is 2. The predicted molar refractivity (Wildman–Crippen MR) is 149 cm³/mol. The Morgan fingerprint density at radius 1 is 1.14 bits per heavy atom. The van der Waals surface area contributed by atoms with Gasteiger partial charge in [-0.15, -0.1) is 11.3 Å². The average Bonchev–Trinajstić information content (AvgIpc) is 3.08. The Kier molecular flexibility index (Phi) is 7.56. The summed E-state index contributed by atoms with van der Waals surface area (Å²) in [5.74, 6) is -0.589. The molecule has 0 saturated heterocycles. The van der Waals surface area contributed by atoms with Gasteiger partial charge in [0.05, 0.1) is 24.8 Å². The van der Waals surface area contributed by atoms with Crippen molar-refractivity contribution in [1.29, 1.82) is 10.8 Å². The number of aliphatic imine (C=N–C) groups is 1. The molecule has 3 aromatic rings. The number of thiophene rings is 1. The zero-order valence-corrected chi connectivity index (χ0v) is 22.4. The molecule has 0 aliphatic carbocycles. The van der Waals surface area contributed by atoms with Crippen LogP contribution in [0.2, 0.25) is 5.02 Å². The van der Waals surface area contributed by atoms with Crippen LogP contribution < -0.4 is 10.2 Å². The molecule has 2 heterocycles. The summed E-state index contributed by atoms with van der Waals surface area (Å²) < 4.78 is 4.71. The van der Waals surface area contributed by atoms with E-state index in [0.29, 0.717) is 22.0 Å². The van der Waals surface area contributed by atoms with Crippen molar-refractivity contribution >= 4 is 62.9 Å². The predicted octanol–water partition coefficient (Wildman–Crippen LogP) is 5.83. The summed E-state index contributed by atoms with van der Waals surface area (Å²) >= 11 is 7.63. The van der Waals surface area contributed by atoms with Gasteiger partial charge in [0, 0.05) is 26.7 Å². The second-order valence-corrected chi connectivity index (χ2v) is 10.2. The van der Waals surface area contributed by atoms with Crippen LogP contribution in [0.5, 0.6) is 0 Å². The third-order valence-electron chi connectivity index (χ3n) is 6.07. The standard InChI is InChI=1S/C27H26ClN5O3S/c1-14-15(2)37-26-23(14)24(17-5-9-19(28)10-6-17)32-21(25(30)33(26)16(3)29)13-22(34)31-20-11-7-18(8-12-20)27(35)36-4/h5-12,21,29-30H,13H2,1-4H3,(H,31,34)/t21-/m0/s1. The van der Waals surface area contributed by atoms with E-state index in [-0.39, 0.29) is 24.0 Å².